The number of aromatic nitrogens is 2. The van der Waals surface area contributed by atoms with Crippen LogP contribution in [0.5, 0.6) is 5.75 Å². The molecular weight excluding hydrogens is 586 g/mol. The van der Waals surface area contributed by atoms with Crippen molar-refractivity contribution in [2.45, 2.75) is 77.9 Å². The first kappa shape index (κ1) is 32.8. The third kappa shape index (κ3) is 7.72. The number of aliphatic hydroxyl groups is 1. The molecule has 2 aromatic rings. The Hall–Kier alpha value is -3.07. The Balaban J connectivity index is 1.52. The van der Waals surface area contributed by atoms with E-state index in [0.29, 0.717) is 12.3 Å². The summed E-state index contributed by atoms with van der Waals surface area (Å²) in [6.45, 7) is 10.1. The molecule has 3 heterocycles. The number of halogens is 1. The molecule has 3 unspecified atom stereocenters. The fourth-order valence-corrected chi connectivity index (χ4v) is 5.92. The molecule has 5 N–H and O–H groups in total. The largest absolute Gasteiger partial charge is 0.464 e. The lowest BCUT2D eigenvalue weighted by atomic mass is 9.98. The normalized spacial score (nSPS) is 27.4. The summed E-state index contributed by atoms with van der Waals surface area (Å²) < 4.78 is 59.1. The van der Waals surface area contributed by atoms with Crippen LogP contribution in [0.15, 0.2) is 41.7 Å². The molecule has 2 aliphatic rings. The summed E-state index contributed by atoms with van der Waals surface area (Å²) in [5.41, 5.74) is 3.92. The first-order chi connectivity index (χ1) is 20.1. The highest BCUT2D eigenvalue weighted by molar-refractivity contribution is 7.52. The van der Waals surface area contributed by atoms with Crippen LogP contribution < -0.4 is 20.7 Å². The van der Waals surface area contributed by atoms with Crippen LogP contribution in [0.4, 0.5) is 10.2 Å². The average molecular weight is 627 g/mol. The molecule has 0 saturated carbocycles. The minimum absolute atomic E-state index is 0.0437. The van der Waals surface area contributed by atoms with E-state index in [2.05, 4.69) is 20.4 Å². The molecule has 0 radical (unpaired) electrons. The second-order valence-corrected chi connectivity index (χ2v) is 13.4. The van der Waals surface area contributed by atoms with Crippen molar-refractivity contribution in [1.82, 2.24) is 20.0 Å². The Bertz CT molecular complexity index is 1350. The topological polar surface area (TPSA) is 181 Å². The van der Waals surface area contributed by atoms with E-state index in [4.69, 9.17) is 29.0 Å². The van der Waals surface area contributed by atoms with Crippen LogP contribution in [-0.2, 0) is 28.1 Å². The van der Waals surface area contributed by atoms with E-state index in [-0.39, 0.29) is 29.5 Å². The summed E-state index contributed by atoms with van der Waals surface area (Å²) >= 11 is 0. The van der Waals surface area contributed by atoms with Gasteiger partial charge in [-0.05, 0) is 38.3 Å². The third-order valence-electron chi connectivity index (χ3n) is 6.55. The molecule has 16 heteroatoms. The van der Waals surface area contributed by atoms with Crippen LogP contribution in [0.25, 0.3) is 0 Å². The van der Waals surface area contributed by atoms with Crippen molar-refractivity contribution in [3.63, 3.8) is 0 Å². The Morgan fingerprint density at radius 2 is 2.05 bits per heavy atom. The number of hydrogen-bond donors (Lipinski definition) is 4. The van der Waals surface area contributed by atoms with Gasteiger partial charge in [0.1, 0.15) is 29.2 Å². The van der Waals surface area contributed by atoms with Crippen LogP contribution in [0.3, 0.4) is 0 Å². The van der Waals surface area contributed by atoms with Crippen molar-refractivity contribution >= 4 is 25.5 Å². The fraction of sp³-hybridized carbons (Fsp3) is 0.593. The minimum Gasteiger partial charge on any atom is -0.464 e. The van der Waals surface area contributed by atoms with Crippen LogP contribution in [0, 0.1) is 5.41 Å². The number of ether oxygens (including phenoxy) is 3. The van der Waals surface area contributed by atoms with Gasteiger partial charge in [-0.2, -0.15) is 10.1 Å². The monoisotopic (exact) mass is 626 g/mol. The van der Waals surface area contributed by atoms with Crippen molar-refractivity contribution in [3.8, 4) is 5.75 Å². The molecule has 1 saturated heterocycles. The van der Waals surface area contributed by atoms with E-state index in [1.54, 1.807) is 37.3 Å². The maximum Gasteiger partial charge on any atom is 0.459 e. The van der Waals surface area contributed by atoms with Crippen molar-refractivity contribution < 1.29 is 42.1 Å². The molecule has 4 rings (SSSR count). The Morgan fingerprint density at radius 3 is 2.70 bits per heavy atom. The van der Waals surface area contributed by atoms with Gasteiger partial charge in [-0.25, -0.2) is 13.9 Å². The molecule has 43 heavy (non-hydrogen) atoms. The van der Waals surface area contributed by atoms with Crippen LogP contribution >= 0.6 is 7.75 Å². The van der Waals surface area contributed by atoms with Crippen LogP contribution in [-0.4, -0.2) is 70.3 Å². The Morgan fingerprint density at radius 1 is 1.35 bits per heavy atom. The maximum absolute atomic E-state index is 15.7. The second-order valence-electron chi connectivity index (χ2n) is 11.7. The highest BCUT2D eigenvalue weighted by atomic mass is 31.2. The molecular formula is C27H40FN6O8P. The lowest BCUT2D eigenvalue weighted by Gasteiger charge is -2.28. The lowest BCUT2D eigenvalue weighted by molar-refractivity contribution is -0.148. The first-order valence-corrected chi connectivity index (χ1v) is 15.4. The third-order valence-corrected chi connectivity index (χ3v) is 8.20. The van der Waals surface area contributed by atoms with E-state index >= 15 is 4.39 Å². The van der Waals surface area contributed by atoms with E-state index in [1.165, 1.54) is 24.7 Å². The highest BCUT2D eigenvalue weighted by Crippen LogP contribution is 2.48. The van der Waals surface area contributed by atoms with Crippen LogP contribution in [0.1, 0.15) is 59.7 Å². The first-order valence-electron chi connectivity index (χ1n) is 13.9. The molecule has 0 bridgehead atoms. The number of carbonyl (C=O) groups is 1. The number of hydrogen-bond acceptors (Lipinski definition) is 12. The molecule has 1 fully saturated rings. The smallest absolute Gasteiger partial charge is 0.459 e. The summed E-state index contributed by atoms with van der Waals surface area (Å²) in [5, 5.41) is 16.6. The number of fused-ring (bicyclic) bond motifs is 1. The standard InChI is InChI=1S/C27H40FN6O8P/c1-7-38-22-19-21(31-25(29)32-22)34(15-30-19)24-27(6,36)20(28)18(41-24)13-40-43(37,42-17-11-9-8-10-12-17)33-16(2)23(35)39-14-26(3,4)5/h8-12,15-16,18,20,22,24,36H,7,13-14H2,1-6H3,(H,33,37)(H3,29,31,32)/t16?,18-,20-,22?,24-,27-,43?/m1/s1. The number of esters is 1. The van der Waals surface area contributed by atoms with Gasteiger partial charge in [-0.15, -0.1) is 0 Å². The number of guanidine groups is 1. The van der Waals surface area contributed by atoms with E-state index < -0.39 is 56.7 Å². The van der Waals surface area contributed by atoms with Gasteiger partial charge < -0.3 is 34.9 Å². The quantitative estimate of drug-likeness (QED) is 0.200. The molecule has 0 aliphatic carbocycles. The van der Waals surface area contributed by atoms with Gasteiger partial charge in [0.15, 0.2) is 30.4 Å². The van der Waals surface area contributed by atoms with Gasteiger partial charge >= 0.3 is 13.7 Å². The van der Waals surface area contributed by atoms with E-state index in [0.717, 1.165) is 0 Å². The number of alkyl halides is 1. The van der Waals surface area contributed by atoms with Crippen molar-refractivity contribution in [3.05, 3.63) is 42.4 Å². The van der Waals surface area contributed by atoms with Crippen molar-refractivity contribution in [2.75, 3.05) is 19.8 Å². The molecule has 7 atom stereocenters. The lowest BCUT2D eigenvalue weighted by Crippen LogP contribution is -2.42. The molecule has 2 aliphatic heterocycles. The zero-order chi connectivity index (χ0) is 31.6. The van der Waals surface area contributed by atoms with Gasteiger partial charge in [-0.3, -0.25) is 13.9 Å². The number of benzene rings is 1. The summed E-state index contributed by atoms with van der Waals surface area (Å²) in [5.74, 6) is -0.234. The summed E-state index contributed by atoms with van der Waals surface area (Å²) in [6.07, 6.45) is -4.07. The maximum atomic E-state index is 15.7. The summed E-state index contributed by atoms with van der Waals surface area (Å²) in [7, 11) is -4.32. The zero-order valence-corrected chi connectivity index (χ0v) is 25.9. The molecule has 0 amide bonds. The number of aliphatic imine (C=N–C) groups is 1. The fourth-order valence-electron chi connectivity index (χ4n) is 4.42. The van der Waals surface area contributed by atoms with E-state index in [9.17, 15) is 14.5 Å². The van der Waals surface area contributed by atoms with Gasteiger partial charge in [0, 0.05) is 6.61 Å². The van der Waals surface area contributed by atoms with Gasteiger partial charge in [0.2, 0.25) is 0 Å². The molecule has 0 spiro atoms. The average Bonchev–Trinajstić information content (AvgIpc) is 3.44. The summed E-state index contributed by atoms with van der Waals surface area (Å²) in [4.78, 5) is 21.2. The SMILES string of the molecule is CCOC1NC(N)=Nc2c1ncn2[C@@H]1O[C@H](COP(=O)(NC(C)C(=O)OCC(C)(C)C)Oc2ccccc2)[C@@H](F)[C@@]1(C)O. The number of nitrogens with zero attached hydrogens (tertiary/aromatic N) is 3. The number of imidazole rings is 1. The minimum atomic E-state index is -4.32. The number of rotatable bonds is 12. The molecule has 1 aromatic carbocycles. The predicted octanol–water partition coefficient (Wildman–Crippen LogP) is 3.23. The number of nitrogens with one attached hydrogen (secondary N) is 2. The summed E-state index contributed by atoms with van der Waals surface area (Å²) in [6, 6.07) is 7.04. The Labute approximate surface area is 249 Å². The Kier molecular flexibility index (Phi) is 9.84. The predicted molar refractivity (Wildman–Crippen MR) is 154 cm³/mol. The number of nitrogens with two attached hydrogens (primary N) is 1. The number of carbonyl (C=O) groups excluding carboxylic acids is 1. The number of para-hydroxylation sites is 1. The highest BCUT2D eigenvalue weighted by Gasteiger charge is 2.56. The molecule has 14 nitrogen and oxygen atoms in total. The van der Waals surface area contributed by atoms with Gasteiger partial charge in [0.25, 0.3) is 0 Å². The van der Waals surface area contributed by atoms with Crippen molar-refractivity contribution in [1.29, 1.82) is 0 Å². The van der Waals surface area contributed by atoms with Crippen molar-refractivity contribution in [2.24, 2.45) is 16.1 Å². The van der Waals surface area contributed by atoms with Gasteiger partial charge in [-0.1, -0.05) is 39.0 Å². The van der Waals surface area contributed by atoms with Crippen LogP contribution in [0.2, 0.25) is 0 Å². The molecule has 1 aromatic heterocycles. The van der Waals surface area contributed by atoms with E-state index in [1.807, 2.05) is 20.8 Å². The second kappa shape index (κ2) is 12.9. The zero-order valence-electron chi connectivity index (χ0n) is 25.0. The molecule has 238 valence electrons. The van der Waals surface area contributed by atoms with Gasteiger partial charge in [0.05, 0.1) is 19.5 Å².